The van der Waals surface area contributed by atoms with Gasteiger partial charge in [0.25, 0.3) is 0 Å². The summed E-state index contributed by atoms with van der Waals surface area (Å²) in [7, 11) is 1.89. The Labute approximate surface area is 132 Å². The third kappa shape index (κ3) is 3.50. The van der Waals surface area contributed by atoms with E-state index in [0.29, 0.717) is 6.04 Å². The molecule has 1 aromatic heterocycles. The maximum atomic E-state index is 9.85. The van der Waals surface area contributed by atoms with Gasteiger partial charge in [-0.25, -0.2) is 4.98 Å². The van der Waals surface area contributed by atoms with Crippen molar-refractivity contribution < 1.29 is 5.11 Å². The Balaban J connectivity index is 1.60. The highest BCUT2D eigenvalue weighted by atomic mass is 16.3. The quantitative estimate of drug-likeness (QED) is 0.876. The summed E-state index contributed by atoms with van der Waals surface area (Å²) in [5, 5.41) is 12.9. The van der Waals surface area contributed by atoms with Gasteiger partial charge in [-0.15, -0.1) is 0 Å². The second-order valence-electron chi connectivity index (χ2n) is 6.45. The van der Waals surface area contributed by atoms with Gasteiger partial charge in [0.1, 0.15) is 5.82 Å². The standard InChI is InChI=1S/C16H27N5O/c1-12-10-15(17-2)19-16(18-12)20-8-5-13(6-9-20)21-7-3-4-14(22)11-21/h10,13-14,22H,3-9,11H2,1-2H3,(H,17,18,19). The fourth-order valence-corrected chi connectivity index (χ4v) is 3.57. The van der Waals surface area contributed by atoms with E-state index in [2.05, 4.69) is 25.1 Å². The van der Waals surface area contributed by atoms with E-state index in [1.807, 2.05) is 20.0 Å². The molecule has 122 valence electrons. The molecule has 0 saturated carbocycles. The molecule has 6 heteroatoms. The molecule has 2 aliphatic rings. The number of hydrogen-bond donors (Lipinski definition) is 2. The minimum atomic E-state index is -0.134. The molecule has 2 saturated heterocycles. The van der Waals surface area contributed by atoms with Crippen LogP contribution in [0.2, 0.25) is 0 Å². The van der Waals surface area contributed by atoms with Crippen LogP contribution >= 0.6 is 0 Å². The molecular weight excluding hydrogens is 278 g/mol. The molecule has 0 amide bonds. The van der Waals surface area contributed by atoms with E-state index >= 15 is 0 Å². The summed E-state index contributed by atoms with van der Waals surface area (Å²) in [4.78, 5) is 13.9. The van der Waals surface area contributed by atoms with E-state index in [1.54, 1.807) is 0 Å². The molecule has 1 aromatic rings. The highest BCUT2D eigenvalue weighted by Crippen LogP contribution is 2.24. The zero-order valence-electron chi connectivity index (χ0n) is 13.6. The fraction of sp³-hybridized carbons (Fsp3) is 0.750. The fourth-order valence-electron chi connectivity index (χ4n) is 3.57. The Hall–Kier alpha value is -1.40. The molecule has 3 rings (SSSR count). The summed E-state index contributed by atoms with van der Waals surface area (Å²) in [6.07, 6.45) is 4.19. The molecule has 2 aliphatic heterocycles. The number of likely N-dealkylation sites (tertiary alicyclic amines) is 1. The normalized spacial score (nSPS) is 24.5. The van der Waals surface area contributed by atoms with Crippen molar-refractivity contribution in [3.05, 3.63) is 11.8 Å². The highest BCUT2D eigenvalue weighted by Gasteiger charge is 2.28. The van der Waals surface area contributed by atoms with Gasteiger partial charge in [-0.1, -0.05) is 0 Å². The molecule has 22 heavy (non-hydrogen) atoms. The van der Waals surface area contributed by atoms with Crippen LogP contribution in [-0.2, 0) is 0 Å². The topological polar surface area (TPSA) is 64.5 Å². The number of piperidine rings is 2. The van der Waals surface area contributed by atoms with Gasteiger partial charge < -0.3 is 15.3 Å². The average Bonchev–Trinajstić information content (AvgIpc) is 2.54. The predicted molar refractivity (Wildman–Crippen MR) is 88.4 cm³/mol. The zero-order chi connectivity index (χ0) is 15.5. The van der Waals surface area contributed by atoms with Gasteiger partial charge in [-0.05, 0) is 39.2 Å². The van der Waals surface area contributed by atoms with Crippen molar-refractivity contribution in [1.29, 1.82) is 0 Å². The summed E-state index contributed by atoms with van der Waals surface area (Å²) in [5.41, 5.74) is 0.996. The number of aromatic nitrogens is 2. The van der Waals surface area contributed by atoms with Crippen molar-refractivity contribution >= 4 is 11.8 Å². The molecule has 0 radical (unpaired) electrons. The number of nitrogens with one attached hydrogen (secondary N) is 1. The van der Waals surface area contributed by atoms with Crippen LogP contribution in [0, 0.1) is 6.92 Å². The number of rotatable bonds is 3. The number of aliphatic hydroxyl groups excluding tert-OH is 1. The number of β-amino-alcohol motifs (C(OH)–C–C–N with tert-alkyl or cyclic N) is 1. The zero-order valence-corrected chi connectivity index (χ0v) is 13.6. The minimum Gasteiger partial charge on any atom is -0.392 e. The van der Waals surface area contributed by atoms with Crippen LogP contribution in [0.5, 0.6) is 0 Å². The molecule has 6 nitrogen and oxygen atoms in total. The van der Waals surface area contributed by atoms with Crippen molar-refractivity contribution in [2.75, 3.05) is 43.4 Å². The summed E-state index contributed by atoms with van der Waals surface area (Å²) in [5.74, 6) is 1.71. The van der Waals surface area contributed by atoms with E-state index in [4.69, 9.17) is 0 Å². The second kappa shape index (κ2) is 6.79. The van der Waals surface area contributed by atoms with Crippen LogP contribution in [0.15, 0.2) is 6.07 Å². The lowest BCUT2D eigenvalue weighted by molar-refractivity contribution is 0.0397. The van der Waals surface area contributed by atoms with Gasteiger partial charge in [-0.2, -0.15) is 4.98 Å². The van der Waals surface area contributed by atoms with Crippen molar-refractivity contribution in [3.63, 3.8) is 0 Å². The largest absolute Gasteiger partial charge is 0.392 e. The van der Waals surface area contributed by atoms with Crippen molar-refractivity contribution in [2.45, 2.75) is 44.8 Å². The maximum Gasteiger partial charge on any atom is 0.227 e. The highest BCUT2D eigenvalue weighted by molar-refractivity contribution is 5.43. The summed E-state index contributed by atoms with van der Waals surface area (Å²) < 4.78 is 0. The molecule has 1 atom stereocenters. The first-order valence-electron chi connectivity index (χ1n) is 8.36. The van der Waals surface area contributed by atoms with Crippen molar-refractivity contribution in [1.82, 2.24) is 14.9 Å². The Morgan fingerprint density at radius 1 is 1.18 bits per heavy atom. The minimum absolute atomic E-state index is 0.134. The van der Waals surface area contributed by atoms with E-state index in [-0.39, 0.29) is 6.10 Å². The van der Waals surface area contributed by atoms with E-state index < -0.39 is 0 Å². The number of aryl methyl sites for hydroxylation is 1. The molecular formula is C16H27N5O. The number of aliphatic hydroxyl groups is 1. The van der Waals surface area contributed by atoms with Crippen LogP contribution in [0.1, 0.15) is 31.4 Å². The van der Waals surface area contributed by atoms with Crippen LogP contribution in [0.3, 0.4) is 0 Å². The van der Waals surface area contributed by atoms with Crippen LogP contribution < -0.4 is 10.2 Å². The molecule has 0 bridgehead atoms. The SMILES string of the molecule is CNc1cc(C)nc(N2CCC(N3CCCC(O)C3)CC2)n1. The Morgan fingerprint density at radius 3 is 2.64 bits per heavy atom. The van der Waals surface area contributed by atoms with Crippen LogP contribution in [-0.4, -0.2) is 65.3 Å². The first kappa shape index (κ1) is 15.5. The van der Waals surface area contributed by atoms with Gasteiger partial charge in [0.05, 0.1) is 6.10 Å². The van der Waals surface area contributed by atoms with Crippen molar-refractivity contribution in [2.24, 2.45) is 0 Å². The maximum absolute atomic E-state index is 9.85. The van der Waals surface area contributed by atoms with E-state index in [1.165, 1.54) is 0 Å². The smallest absolute Gasteiger partial charge is 0.227 e. The third-order valence-electron chi connectivity index (χ3n) is 4.79. The second-order valence-corrected chi connectivity index (χ2v) is 6.45. The van der Waals surface area contributed by atoms with Crippen LogP contribution in [0.4, 0.5) is 11.8 Å². The van der Waals surface area contributed by atoms with Gasteiger partial charge in [0.15, 0.2) is 0 Å². The lowest BCUT2D eigenvalue weighted by atomic mass is 9.99. The molecule has 3 heterocycles. The van der Waals surface area contributed by atoms with Crippen LogP contribution in [0.25, 0.3) is 0 Å². The Bertz CT molecular complexity index is 501. The number of hydrogen-bond acceptors (Lipinski definition) is 6. The lowest BCUT2D eigenvalue weighted by Crippen LogP contribution is -2.50. The lowest BCUT2D eigenvalue weighted by Gasteiger charge is -2.41. The Morgan fingerprint density at radius 2 is 1.95 bits per heavy atom. The van der Waals surface area contributed by atoms with Crippen molar-refractivity contribution in [3.8, 4) is 0 Å². The monoisotopic (exact) mass is 305 g/mol. The molecule has 0 aromatic carbocycles. The van der Waals surface area contributed by atoms with Gasteiger partial charge in [-0.3, -0.25) is 4.90 Å². The average molecular weight is 305 g/mol. The third-order valence-corrected chi connectivity index (χ3v) is 4.79. The summed E-state index contributed by atoms with van der Waals surface area (Å²) in [6.45, 7) is 5.96. The van der Waals surface area contributed by atoms with Gasteiger partial charge in [0.2, 0.25) is 5.95 Å². The van der Waals surface area contributed by atoms with E-state index in [0.717, 1.165) is 69.3 Å². The van der Waals surface area contributed by atoms with E-state index in [9.17, 15) is 5.11 Å². The van der Waals surface area contributed by atoms with Gasteiger partial charge in [0, 0.05) is 44.5 Å². The summed E-state index contributed by atoms with van der Waals surface area (Å²) in [6, 6.07) is 2.56. The van der Waals surface area contributed by atoms with Gasteiger partial charge >= 0.3 is 0 Å². The predicted octanol–water partition coefficient (Wildman–Crippen LogP) is 1.25. The molecule has 2 N–H and O–H groups in total. The first-order chi connectivity index (χ1) is 10.7. The molecule has 2 fully saturated rings. The number of anilines is 2. The number of nitrogens with zero attached hydrogens (tertiary/aromatic N) is 4. The first-order valence-corrected chi connectivity index (χ1v) is 8.36. The molecule has 1 unspecified atom stereocenters. The Kier molecular flexibility index (Phi) is 4.78. The molecule has 0 aliphatic carbocycles. The molecule has 0 spiro atoms. The summed E-state index contributed by atoms with van der Waals surface area (Å²) >= 11 is 0.